The van der Waals surface area contributed by atoms with Crippen molar-refractivity contribution in [2.45, 2.75) is 12.9 Å². The molecule has 0 aliphatic heterocycles. The number of carbonyl (C=O) groups excluding carboxylic acids is 1. The van der Waals surface area contributed by atoms with E-state index in [9.17, 15) is 22.4 Å². The molecule has 0 spiro atoms. The minimum absolute atomic E-state index is 0.0160. The Bertz CT molecular complexity index is 719. The quantitative estimate of drug-likeness (QED) is 0.837. The largest absolute Gasteiger partial charge is 0.573 e. The van der Waals surface area contributed by atoms with Gasteiger partial charge < -0.3 is 10.1 Å². The molecule has 0 saturated heterocycles. The number of para-hydroxylation sites is 1. The highest BCUT2D eigenvalue weighted by molar-refractivity contribution is 6.33. The van der Waals surface area contributed by atoms with E-state index in [1.807, 2.05) is 0 Å². The number of hydrogen-bond donors (Lipinski definition) is 1. The summed E-state index contributed by atoms with van der Waals surface area (Å²) in [5.41, 5.74) is 0.152. The molecular weight excluding hydrogens is 338 g/mol. The first-order valence-electron chi connectivity index (χ1n) is 6.33. The lowest BCUT2D eigenvalue weighted by molar-refractivity contribution is -0.274. The topological polar surface area (TPSA) is 38.3 Å². The van der Waals surface area contributed by atoms with E-state index in [4.69, 9.17) is 11.6 Å². The van der Waals surface area contributed by atoms with Gasteiger partial charge in [0.2, 0.25) is 0 Å². The monoisotopic (exact) mass is 347 g/mol. The van der Waals surface area contributed by atoms with Gasteiger partial charge in [-0.1, -0.05) is 29.8 Å². The summed E-state index contributed by atoms with van der Waals surface area (Å²) < 4.78 is 53.8. The first-order valence-corrected chi connectivity index (χ1v) is 6.71. The van der Waals surface area contributed by atoms with Crippen molar-refractivity contribution in [2.24, 2.45) is 0 Å². The molecule has 8 heteroatoms. The second kappa shape index (κ2) is 6.87. The summed E-state index contributed by atoms with van der Waals surface area (Å²) in [6.07, 6.45) is -4.83. The molecule has 2 aromatic rings. The molecule has 23 heavy (non-hydrogen) atoms. The average molecular weight is 348 g/mol. The van der Waals surface area contributed by atoms with E-state index in [0.717, 1.165) is 18.2 Å². The smallest absolute Gasteiger partial charge is 0.405 e. The molecule has 2 aromatic carbocycles. The van der Waals surface area contributed by atoms with Crippen molar-refractivity contribution in [1.29, 1.82) is 0 Å². The molecular formula is C15H10ClF4NO2. The van der Waals surface area contributed by atoms with Gasteiger partial charge in [0.05, 0.1) is 10.6 Å². The van der Waals surface area contributed by atoms with Crippen molar-refractivity contribution in [1.82, 2.24) is 5.32 Å². The van der Waals surface area contributed by atoms with Crippen LogP contribution in [-0.4, -0.2) is 12.3 Å². The molecule has 0 radical (unpaired) electrons. The van der Waals surface area contributed by atoms with E-state index in [2.05, 4.69) is 10.1 Å². The van der Waals surface area contributed by atoms with E-state index in [0.29, 0.717) is 0 Å². The number of alkyl halides is 3. The maximum Gasteiger partial charge on any atom is 0.573 e. The first-order chi connectivity index (χ1) is 10.8. The molecule has 0 heterocycles. The predicted octanol–water partition coefficient (Wildman–Crippen LogP) is 4.31. The number of ether oxygens (including phenoxy) is 1. The minimum Gasteiger partial charge on any atom is -0.405 e. The fourth-order valence-corrected chi connectivity index (χ4v) is 2.07. The lowest BCUT2D eigenvalue weighted by Gasteiger charge is -2.13. The number of halogens is 5. The maximum atomic E-state index is 12.9. The molecule has 1 amide bonds. The third kappa shape index (κ3) is 4.85. The van der Waals surface area contributed by atoms with Crippen LogP contribution in [0.3, 0.4) is 0 Å². The Morgan fingerprint density at radius 2 is 1.87 bits per heavy atom. The van der Waals surface area contributed by atoms with Gasteiger partial charge in [0.15, 0.2) is 0 Å². The predicted molar refractivity (Wildman–Crippen MR) is 75.7 cm³/mol. The summed E-state index contributed by atoms with van der Waals surface area (Å²) in [6, 6.07) is 8.62. The third-order valence-electron chi connectivity index (χ3n) is 2.81. The van der Waals surface area contributed by atoms with Crippen LogP contribution < -0.4 is 10.1 Å². The Hall–Kier alpha value is -2.28. The van der Waals surface area contributed by atoms with Crippen molar-refractivity contribution in [3.63, 3.8) is 0 Å². The van der Waals surface area contributed by atoms with Crippen molar-refractivity contribution < 1.29 is 27.1 Å². The third-order valence-corrected chi connectivity index (χ3v) is 3.13. The van der Waals surface area contributed by atoms with Gasteiger partial charge in [0, 0.05) is 12.1 Å². The maximum absolute atomic E-state index is 12.9. The highest BCUT2D eigenvalue weighted by atomic mass is 35.5. The molecule has 0 saturated carbocycles. The van der Waals surface area contributed by atoms with Gasteiger partial charge in [-0.15, -0.1) is 13.2 Å². The van der Waals surface area contributed by atoms with Crippen LogP contribution >= 0.6 is 11.6 Å². The Morgan fingerprint density at radius 1 is 1.17 bits per heavy atom. The lowest BCUT2D eigenvalue weighted by Crippen LogP contribution is -2.24. The molecule has 0 aromatic heterocycles. The van der Waals surface area contributed by atoms with Crippen LogP contribution in [0.4, 0.5) is 17.6 Å². The van der Waals surface area contributed by atoms with E-state index in [1.165, 1.54) is 24.3 Å². The molecule has 1 N–H and O–H groups in total. The number of carbonyl (C=O) groups is 1. The van der Waals surface area contributed by atoms with Crippen LogP contribution in [-0.2, 0) is 6.54 Å². The van der Waals surface area contributed by atoms with Crippen molar-refractivity contribution >= 4 is 17.5 Å². The SMILES string of the molecule is O=C(NCc1ccccc1OC(F)(F)F)c1ccc(F)cc1Cl. The zero-order chi connectivity index (χ0) is 17.0. The highest BCUT2D eigenvalue weighted by Crippen LogP contribution is 2.26. The normalized spacial score (nSPS) is 11.2. The molecule has 0 bridgehead atoms. The summed E-state index contributed by atoms with van der Waals surface area (Å²) in [5, 5.41) is 2.31. The second-order valence-corrected chi connectivity index (χ2v) is 4.87. The van der Waals surface area contributed by atoms with E-state index < -0.39 is 23.8 Å². The molecule has 0 fully saturated rings. The van der Waals surface area contributed by atoms with Crippen LogP contribution in [0.1, 0.15) is 15.9 Å². The fourth-order valence-electron chi connectivity index (χ4n) is 1.82. The minimum atomic E-state index is -4.83. The summed E-state index contributed by atoms with van der Waals surface area (Å²) in [7, 11) is 0. The molecule has 0 aliphatic carbocycles. The molecule has 0 unspecified atom stereocenters. The summed E-state index contributed by atoms with van der Waals surface area (Å²) in [4.78, 5) is 12.0. The molecule has 122 valence electrons. The molecule has 0 aliphatic rings. The van der Waals surface area contributed by atoms with Gasteiger partial charge in [-0.3, -0.25) is 4.79 Å². The van der Waals surface area contributed by atoms with Crippen LogP contribution in [0.2, 0.25) is 5.02 Å². The van der Waals surface area contributed by atoms with E-state index >= 15 is 0 Å². The van der Waals surface area contributed by atoms with Crippen molar-refractivity contribution in [3.8, 4) is 5.75 Å². The molecule has 3 nitrogen and oxygen atoms in total. The van der Waals surface area contributed by atoms with Gasteiger partial charge >= 0.3 is 6.36 Å². The van der Waals surface area contributed by atoms with E-state index in [1.54, 1.807) is 0 Å². The van der Waals surface area contributed by atoms with Crippen LogP contribution in [0.15, 0.2) is 42.5 Å². The number of benzene rings is 2. The van der Waals surface area contributed by atoms with Gasteiger partial charge in [-0.05, 0) is 24.3 Å². The van der Waals surface area contributed by atoms with Crippen LogP contribution in [0.25, 0.3) is 0 Å². The number of nitrogens with one attached hydrogen (secondary N) is 1. The summed E-state index contributed by atoms with van der Waals surface area (Å²) in [5.74, 6) is -1.65. The fraction of sp³-hybridized carbons (Fsp3) is 0.133. The summed E-state index contributed by atoms with van der Waals surface area (Å²) >= 11 is 5.75. The van der Waals surface area contributed by atoms with Gasteiger partial charge in [-0.25, -0.2) is 4.39 Å². The number of rotatable bonds is 4. The average Bonchev–Trinajstić information content (AvgIpc) is 2.44. The zero-order valence-electron chi connectivity index (χ0n) is 11.5. The van der Waals surface area contributed by atoms with Crippen molar-refractivity contribution in [3.05, 3.63) is 64.4 Å². The van der Waals surface area contributed by atoms with Gasteiger partial charge in [0.25, 0.3) is 5.91 Å². The Labute approximate surface area is 133 Å². The molecule has 2 rings (SSSR count). The number of amides is 1. The Kier molecular flexibility index (Phi) is 5.10. The van der Waals surface area contributed by atoms with E-state index in [-0.39, 0.29) is 22.7 Å². The van der Waals surface area contributed by atoms with Crippen LogP contribution in [0.5, 0.6) is 5.75 Å². The highest BCUT2D eigenvalue weighted by Gasteiger charge is 2.32. The van der Waals surface area contributed by atoms with Crippen LogP contribution in [0, 0.1) is 5.82 Å². The summed E-state index contributed by atoms with van der Waals surface area (Å²) in [6.45, 7) is -0.210. The Balaban J connectivity index is 2.10. The standard InChI is InChI=1S/C15H10ClF4NO2/c16-12-7-10(17)5-6-11(12)14(22)21-8-9-3-1-2-4-13(9)23-15(18,19)20/h1-7H,8H2,(H,21,22). The molecule has 0 atom stereocenters. The lowest BCUT2D eigenvalue weighted by atomic mass is 10.1. The number of hydrogen-bond acceptors (Lipinski definition) is 2. The first kappa shape index (κ1) is 17.1. The van der Waals surface area contributed by atoms with Gasteiger partial charge in [0.1, 0.15) is 11.6 Å². The second-order valence-electron chi connectivity index (χ2n) is 4.46. The van der Waals surface area contributed by atoms with Gasteiger partial charge in [-0.2, -0.15) is 0 Å². The Morgan fingerprint density at radius 3 is 2.52 bits per heavy atom. The van der Waals surface area contributed by atoms with Crippen molar-refractivity contribution in [2.75, 3.05) is 0 Å². The zero-order valence-corrected chi connectivity index (χ0v) is 12.2.